The Morgan fingerprint density at radius 2 is 2.56 bits per heavy atom. The lowest BCUT2D eigenvalue weighted by molar-refractivity contribution is 0.626. The van der Waals surface area contributed by atoms with E-state index in [1.807, 2.05) is 13.1 Å². The maximum Gasteiger partial charge on any atom is 0.0741 e. The van der Waals surface area contributed by atoms with Gasteiger partial charge in [0.05, 0.1) is 13.5 Å². The normalized spacial score (nSPS) is 9.89. The molecule has 1 rings (SSSR count). The van der Waals surface area contributed by atoms with E-state index in [1.54, 1.807) is 4.68 Å². The van der Waals surface area contributed by atoms with Crippen LogP contribution in [0, 0.1) is 0 Å². The molecule has 1 aromatic heterocycles. The lowest BCUT2D eigenvalue weighted by atomic mass is 10.0. The van der Waals surface area contributed by atoms with E-state index in [0.29, 0.717) is 6.32 Å². The van der Waals surface area contributed by atoms with Gasteiger partial charge in [-0.05, 0) is 13.2 Å². The molecule has 0 saturated carbocycles. The van der Waals surface area contributed by atoms with Crippen molar-refractivity contribution in [3.8, 4) is 0 Å². The SMILES string of the molecule is [B]Cc1cn(CC)nn1. The van der Waals surface area contributed by atoms with Crippen molar-refractivity contribution in [2.45, 2.75) is 19.8 Å². The third-order valence-corrected chi connectivity index (χ3v) is 1.12. The average molecular weight is 121 g/mol. The average Bonchev–Trinajstić information content (AvgIpc) is 2.34. The number of nitrogens with zero attached hydrogens (tertiary/aromatic N) is 3. The van der Waals surface area contributed by atoms with E-state index in [4.69, 9.17) is 7.85 Å². The van der Waals surface area contributed by atoms with E-state index in [9.17, 15) is 0 Å². The topological polar surface area (TPSA) is 30.7 Å². The molecule has 0 spiro atoms. The van der Waals surface area contributed by atoms with Gasteiger partial charge in [-0.25, -0.2) is 0 Å². The van der Waals surface area contributed by atoms with Crippen LogP contribution in [0.4, 0.5) is 0 Å². The van der Waals surface area contributed by atoms with Crippen molar-refractivity contribution in [1.82, 2.24) is 15.0 Å². The third-order valence-electron chi connectivity index (χ3n) is 1.12. The molecule has 9 heavy (non-hydrogen) atoms. The Labute approximate surface area is 55.5 Å². The Morgan fingerprint density at radius 1 is 1.78 bits per heavy atom. The summed E-state index contributed by atoms with van der Waals surface area (Å²) in [6.07, 6.45) is 2.32. The molecule has 0 fully saturated rings. The van der Waals surface area contributed by atoms with Crippen LogP contribution in [0.15, 0.2) is 6.20 Å². The molecule has 0 atom stereocenters. The standard InChI is InChI=1S/C5H8BN3/c1-2-9-4-5(3-6)7-8-9/h4H,2-3H2,1H3. The molecule has 4 heteroatoms. The second-order valence-corrected chi connectivity index (χ2v) is 1.77. The minimum Gasteiger partial charge on any atom is -0.253 e. The smallest absolute Gasteiger partial charge is 0.0741 e. The summed E-state index contributed by atoms with van der Waals surface area (Å²) >= 11 is 0. The van der Waals surface area contributed by atoms with Gasteiger partial charge < -0.3 is 0 Å². The first kappa shape index (κ1) is 6.33. The summed E-state index contributed by atoms with van der Waals surface area (Å²) in [5, 5.41) is 7.59. The van der Waals surface area contributed by atoms with Crippen molar-refractivity contribution in [3.63, 3.8) is 0 Å². The molecule has 0 aliphatic rings. The Balaban J connectivity index is 2.74. The zero-order valence-corrected chi connectivity index (χ0v) is 5.41. The quantitative estimate of drug-likeness (QED) is 0.514. The van der Waals surface area contributed by atoms with Gasteiger partial charge in [-0.1, -0.05) is 5.21 Å². The monoisotopic (exact) mass is 121 g/mol. The second kappa shape index (κ2) is 2.66. The predicted molar refractivity (Wildman–Crippen MR) is 35.2 cm³/mol. The summed E-state index contributed by atoms with van der Waals surface area (Å²) < 4.78 is 1.75. The van der Waals surface area contributed by atoms with Gasteiger partial charge in [0.15, 0.2) is 0 Å². The Kier molecular flexibility index (Phi) is 1.87. The van der Waals surface area contributed by atoms with Crippen LogP contribution < -0.4 is 0 Å². The van der Waals surface area contributed by atoms with Gasteiger partial charge in [-0.15, -0.1) is 5.10 Å². The van der Waals surface area contributed by atoms with E-state index in [-0.39, 0.29) is 0 Å². The fourth-order valence-electron chi connectivity index (χ4n) is 0.587. The third kappa shape index (κ3) is 1.31. The van der Waals surface area contributed by atoms with E-state index in [2.05, 4.69) is 10.3 Å². The molecular formula is C5H8BN3. The molecule has 0 aromatic carbocycles. The lowest BCUT2D eigenvalue weighted by Crippen LogP contribution is -1.93. The Hall–Kier alpha value is -0.795. The first-order valence-corrected chi connectivity index (χ1v) is 2.96. The van der Waals surface area contributed by atoms with E-state index < -0.39 is 0 Å². The highest BCUT2D eigenvalue weighted by Gasteiger charge is 1.92. The van der Waals surface area contributed by atoms with Gasteiger partial charge in [-0.2, -0.15) is 0 Å². The summed E-state index contributed by atoms with van der Waals surface area (Å²) in [7, 11) is 5.30. The van der Waals surface area contributed by atoms with Gasteiger partial charge >= 0.3 is 0 Å². The number of aryl methyl sites for hydroxylation is 1. The molecule has 0 unspecified atom stereocenters. The minimum atomic E-state index is 0.472. The zero-order chi connectivity index (χ0) is 6.69. The van der Waals surface area contributed by atoms with Gasteiger partial charge in [0.2, 0.25) is 0 Å². The molecule has 0 aliphatic heterocycles. The number of rotatable bonds is 2. The van der Waals surface area contributed by atoms with Crippen molar-refractivity contribution in [1.29, 1.82) is 0 Å². The van der Waals surface area contributed by atoms with Gasteiger partial charge in [-0.3, -0.25) is 4.68 Å². The van der Waals surface area contributed by atoms with Crippen LogP contribution in [0.2, 0.25) is 0 Å². The fourth-order valence-corrected chi connectivity index (χ4v) is 0.587. The molecule has 0 aliphatic carbocycles. The van der Waals surface area contributed by atoms with Crippen LogP contribution in [-0.4, -0.2) is 22.8 Å². The minimum absolute atomic E-state index is 0.472. The second-order valence-electron chi connectivity index (χ2n) is 1.77. The van der Waals surface area contributed by atoms with Crippen LogP contribution in [0.3, 0.4) is 0 Å². The molecule has 0 bridgehead atoms. The summed E-state index contributed by atoms with van der Waals surface area (Å²) in [4.78, 5) is 0. The Bertz CT molecular complexity index is 166. The number of hydrogen-bond donors (Lipinski definition) is 0. The molecule has 0 N–H and O–H groups in total. The summed E-state index contributed by atoms with van der Waals surface area (Å²) in [6.45, 7) is 2.86. The van der Waals surface area contributed by atoms with Gasteiger partial charge in [0.25, 0.3) is 0 Å². The molecule has 2 radical (unpaired) electrons. The van der Waals surface area contributed by atoms with Crippen molar-refractivity contribution < 1.29 is 0 Å². The van der Waals surface area contributed by atoms with E-state index >= 15 is 0 Å². The van der Waals surface area contributed by atoms with Crippen molar-refractivity contribution in [2.24, 2.45) is 0 Å². The summed E-state index contributed by atoms with van der Waals surface area (Å²) in [6, 6.07) is 0. The van der Waals surface area contributed by atoms with Crippen molar-refractivity contribution in [3.05, 3.63) is 11.9 Å². The van der Waals surface area contributed by atoms with Crippen LogP contribution >= 0.6 is 0 Å². The summed E-state index contributed by atoms with van der Waals surface area (Å²) in [5.74, 6) is 0. The molecule has 0 saturated heterocycles. The van der Waals surface area contributed by atoms with E-state index in [0.717, 1.165) is 12.2 Å². The van der Waals surface area contributed by atoms with Crippen LogP contribution in [0.5, 0.6) is 0 Å². The zero-order valence-electron chi connectivity index (χ0n) is 5.41. The Morgan fingerprint density at radius 3 is 2.89 bits per heavy atom. The largest absolute Gasteiger partial charge is 0.253 e. The number of aromatic nitrogens is 3. The van der Waals surface area contributed by atoms with Crippen molar-refractivity contribution >= 4 is 7.85 Å². The first-order valence-electron chi connectivity index (χ1n) is 2.96. The molecule has 3 nitrogen and oxygen atoms in total. The lowest BCUT2D eigenvalue weighted by Gasteiger charge is -1.86. The fraction of sp³-hybridized carbons (Fsp3) is 0.600. The van der Waals surface area contributed by atoms with Crippen LogP contribution in [0.25, 0.3) is 0 Å². The van der Waals surface area contributed by atoms with Crippen molar-refractivity contribution in [2.75, 3.05) is 0 Å². The molecule has 1 heterocycles. The molecular weight excluding hydrogens is 113 g/mol. The van der Waals surface area contributed by atoms with Gasteiger partial charge in [0, 0.05) is 12.7 Å². The maximum absolute atomic E-state index is 5.30. The number of hydrogen-bond acceptors (Lipinski definition) is 2. The maximum atomic E-state index is 5.30. The molecule has 1 aromatic rings. The van der Waals surface area contributed by atoms with Crippen LogP contribution in [-0.2, 0) is 12.9 Å². The predicted octanol–water partition coefficient (Wildman–Crippen LogP) is -0.0335. The summed E-state index contributed by atoms with van der Waals surface area (Å²) in [5.41, 5.74) is 0.844. The highest BCUT2D eigenvalue weighted by atomic mass is 15.4. The van der Waals surface area contributed by atoms with E-state index in [1.165, 1.54) is 0 Å². The van der Waals surface area contributed by atoms with Gasteiger partial charge in [0.1, 0.15) is 0 Å². The highest BCUT2D eigenvalue weighted by Crippen LogP contribution is 1.89. The first-order chi connectivity index (χ1) is 4.36. The molecule has 0 amide bonds. The van der Waals surface area contributed by atoms with Crippen LogP contribution in [0.1, 0.15) is 12.6 Å². The highest BCUT2D eigenvalue weighted by molar-refractivity contribution is 6.08. The molecule has 46 valence electrons.